The van der Waals surface area contributed by atoms with Crippen molar-refractivity contribution in [3.8, 4) is 5.75 Å². The molecule has 0 aliphatic carbocycles. The van der Waals surface area contributed by atoms with Gasteiger partial charge in [-0.15, -0.1) is 24.0 Å². The normalized spacial score (nSPS) is 11.7. The zero-order chi connectivity index (χ0) is 18.8. The Kier molecular flexibility index (Phi) is 12.5. The second kappa shape index (κ2) is 13.1. The summed E-state index contributed by atoms with van der Waals surface area (Å²) < 4.78 is 28.7. The van der Waals surface area contributed by atoms with E-state index < -0.39 is 6.61 Å². The molecular weight excluding hydrogens is 453 g/mol. The average molecular weight is 484 g/mol. The van der Waals surface area contributed by atoms with E-state index in [2.05, 4.69) is 40.8 Å². The van der Waals surface area contributed by atoms with Gasteiger partial charge in [-0.3, -0.25) is 4.99 Å². The third-order valence-corrected chi connectivity index (χ3v) is 3.86. The Hall–Kier alpha value is -1.16. The number of ether oxygens (including phenoxy) is 1. The van der Waals surface area contributed by atoms with Crippen LogP contribution in [-0.2, 0) is 6.54 Å². The van der Waals surface area contributed by atoms with Crippen molar-refractivity contribution in [1.82, 2.24) is 15.1 Å². The molecule has 150 valence electrons. The van der Waals surface area contributed by atoms with Crippen LogP contribution in [0.15, 0.2) is 29.3 Å². The Morgan fingerprint density at radius 1 is 1.19 bits per heavy atom. The molecule has 0 aliphatic heterocycles. The van der Waals surface area contributed by atoms with E-state index in [4.69, 9.17) is 0 Å². The average Bonchev–Trinajstić information content (AvgIpc) is 2.55. The van der Waals surface area contributed by atoms with Crippen molar-refractivity contribution in [3.63, 3.8) is 0 Å². The molecule has 0 fully saturated rings. The molecule has 0 aromatic heterocycles. The lowest BCUT2D eigenvalue weighted by atomic mass is 10.2. The maximum atomic E-state index is 12.2. The van der Waals surface area contributed by atoms with Crippen LogP contribution in [-0.4, -0.2) is 62.1 Å². The monoisotopic (exact) mass is 484 g/mol. The molecule has 0 unspecified atom stereocenters. The molecule has 5 nitrogen and oxygen atoms in total. The summed E-state index contributed by atoms with van der Waals surface area (Å²) in [5, 5.41) is 3.28. The Labute approximate surface area is 172 Å². The van der Waals surface area contributed by atoms with Crippen LogP contribution in [0, 0.1) is 0 Å². The third-order valence-electron chi connectivity index (χ3n) is 3.86. The zero-order valence-electron chi connectivity index (χ0n) is 16.2. The van der Waals surface area contributed by atoms with Crippen molar-refractivity contribution in [1.29, 1.82) is 0 Å². The molecule has 0 radical (unpaired) electrons. The Balaban J connectivity index is 0.00000625. The number of benzene rings is 1. The highest BCUT2D eigenvalue weighted by Crippen LogP contribution is 2.15. The minimum Gasteiger partial charge on any atom is -0.435 e. The summed E-state index contributed by atoms with van der Waals surface area (Å²) in [7, 11) is 4.04. The molecule has 0 atom stereocenters. The Morgan fingerprint density at radius 2 is 1.81 bits per heavy atom. The van der Waals surface area contributed by atoms with Crippen molar-refractivity contribution in [2.24, 2.45) is 4.99 Å². The van der Waals surface area contributed by atoms with Crippen LogP contribution in [0.3, 0.4) is 0 Å². The van der Waals surface area contributed by atoms with Crippen molar-refractivity contribution >= 4 is 29.9 Å². The van der Waals surface area contributed by atoms with E-state index in [1.165, 1.54) is 0 Å². The van der Waals surface area contributed by atoms with Gasteiger partial charge in [-0.05, 0) is 45.5 Å². The molecule has 0 saturated heterocycles. The topological polar surface area (TPSA) is 40.1 Å². The first kappa shape index (κ1) is 24.8. The minimum absolute atomic E-state index is 0. The number of hydrogen-bond acceptors (Lipinski definition) is 3. The van der Waals surface area contributed by atoms with Gasteiger partial charge in [0.2, 0.25) is 0 Å². The van der Waals surface area contributed by atoms with Crippen LogP contribution >= 0.6 is 24.0 Å². The quantitative estimate of drug-likeness (QED) is 0.330. The third kappa shape index (κ3) is 9.51. The molecule has 0 bridgehead atoms. The summed E-state index contributed by atoms with van der Waals surface area (Å²) in [6.07, 6.45) is 0. The van der Waals surface area contributed by atoms with Gasteiger partial charge in [-0.2, -0.15) is 8.78 Å². The van der Waals surface area contributed by atoms with E-state index in [0.717, 1.165) is 24.6 Å². The number of alkyl halides is 2. The molecule has 1 rings (SSSR count). The van der Waals surface area contributed by atoms with Crippen LogP contribution in [0.5, 0.6) is 5.75 Å². The first-order valence-electron chi connectivity index (χ1n) is 8.57. The molecule has 1 N–H and O–H groups in total. The molecule has 0 heterocycles. The van der Waals surface area contributed by atoms with Crippen LogP contribution in [0.1, 0.15) is 26.3 Å². The Morgan fingerprint density at radius 3 is 2.31 bits per heavy atom. The van der Waals surface area contributed by atoms with Crippen molar-refractivity contribution < 1.29 is 13.5 Å². The fourth-order valence-electron chi connectivity index (χ4n) is 2.17. The molecule has 0 amide bonds. The number of guanidine groups is 1. The molecule has 0 saturated carbocycles. The first-order valence-corrected chi connectivity index (χ1v) is 8.57. The van der Waals surface area contributed by atoms with Gasteiger partial charge in [-0.1, -0.05) is 12.1 Å². The lowest BCUT2D eigenvalue weighted by molar-refractivity contribution is -0.0498. The summed E-state index contributed by atoms with van der Waals surface area (Å²) >= 11 is 0. The fraction of sp³-hybridized carbons (Fsp3) is 0.611. The molecule has 8 heteroatoms. The van der Waals surface area contributed by atoms with Gasteiger partial charge in [0.05, 0.1) is 6.54 Å². The summed E-state index contributed by atoms with van der Waals surface area (Å²) in [6.45, 7) is 6.55. The number of rotatable bonds is 9. The number of hydrogen-bond donors (Lipinski definition) is 1. The first-order chi connectivity index (χ1) is 11.8. The van der Waals surface area contributed by atoms with Gasteiger partial charge in [0.1, 0.15) is 5.75 Å². The van der Waals surface area contributed by atoms with Crippen LogP contribution in [0.25, 0.3) is 0 Å². The standard InChI is InChI=1S/C18H30F2N4O.HI/c1-6-21-18(22-11-12-23(4)14(2)3)24(5)13-15-7-9-16(10-8-15)25-17(19)20;/h7-10,14,17H,6,11-13H2,1-5H3,(H,21,22);1H. The SMILES string of the molecule is CCNC(=NCCN(C)C(C)C)N(C)Cc1ccc(OC(F)F)cc1.I. The highest BCUT2D eigenvalue weighted by atomic mass is 127. The fourth-order valence-corrected chi connectivity index (χ4v) is 2.17. The minimum atomic E-state index is -2.80. The number of aliphatic imine (C=N–C) groups is 1. The highest BCUT2D eigenvalue weighted by Gasteiger charge is 2.09. The lowest BCUT2D eigenvalue weighted by Gasteiger charge is -2.23. The van der Waals surface area contributed by atoms with Crippen LogP contribution in [0.2, 0.25) is 0 Å². The summed E-state index contributed by atoms with van der Waals surface area (Å²) in [4.78, 5) is 8.92. The number of nitrogens with zero attached hydrogens (tertiary/aromatic N) is 3. The number of nitrogens with one attached hydrogen (secondary N) is 1. The van der Waals surface area contributed by atoms with Gasteiger partial charge in [-0.25, -0.2) is 0 Å². The second-order valence-electron chi connectivity index (χ2n) is 6.19. The van der Waals surface area contributed by atoms with Crippen LogP contribution < -0.4 is 10.1 Å². The molecule has 1 aromatic rings. The molecular formula is C18H31F2IN4O. The van der Waals surface area contributed by atoms with Crippen LogP contribution in [0.4, 0.5) is 8.78 Å². The van der Waals surface area contributed by atoms with Gasteiger partial charge in [0.25, 0.3) is 0 Å². The molecule has 26 heavy (non-hydrogen) atoms. The van der Waals surface area contributed by atoms with Crippen molar-refractivity contribution in [2.45, 2.75) is 40.0 Å². The lowest BCUT2D eigenvalue weighted by Crippen LogP contribution is -2.39. The predicted molar refractivity (Wildman–Crippen MR) is 114 cm³/mol. The van der Waals surface area contributed by atoms with E-state index in [1.807, 2.05) is 18.9 Å². The van der Waals surface area contributed by atoms with E-state index >= 15 is 0 Å². The van der Waals surface area contributed by atoms with Gasteiger partial charge in [0.15, 0.2) is 5.96 Å². The molecule has 0 spiro atoms. The zero-order valence-corrected chi connectivity index (χ0v) is 18.5. The predicted octanol–water partition coefficient (Wildman–Crippen LogP) is 3.64. The van der Waals surface area contributed by atoms with E-state index in [9.17, 15) is 8.78 Å². The van der Waals surface area contributed by atoms with E-state index in [0.29, 0.717) is 19.1 Å². The summed E-state index contributed by atoms with van der Waals surface area (Å²) in [5.74, 6) is 0.992. The number of halogens is 3. The van der Waals surface area contributed by atoms with Gasteiger partial charge < -0.3 is 19.9 Å². The second-order valence-corrected chi connectivity index (χ2v) is 6.19. The largest absolute Gasteiger partial charge is 0.435 e. The van der Waals surface area contributed by atoms with Crippen molar-refractivity contribution in [3.05, 3.63) is 29.8 Å². The van der Waals surface area contributed by atoms with Gasteiger partial charge in [0, 0.05) is 32.7 Å². The molecule has 1 aromatic carbocycles. The van der Waals surface area contributed by atoms with Gasteiger partial charge >= 0.3 is 6.61 Å². The molecule has 0 aliphatic rings. The smallest absolute Gasteiger partial charge is 0.387 e. The number of likely N-dealkylation sites (N-methyl/N-ethyl adjacent to an activating group) is 1. The maximum absolute atomic E-state index is 12.2. The highest BCUT2D eigenvalue weighted by molar-refractivity contribution is 14.0. The Bertz CT molecular complexity index is 526. The van der Waals surface area contributed by atoms with E-state index in [-0.39, 0.29) is 29.7 Å². The van der Waals surface area contributed by atoms with Crippen molar-refractivity contribution in [2.75, 3.05) is 33.7 Å². The maximum Gasteiger partial charge on any atom is 0.387 e. The summed E-state index contributed by atoms with van der Waals surface area (Å²) in [5.41, 5.74) is 0.994. The summed E-state index contributed by atoms with van der Waals surface area (Å²) in [6, 6.07) is 7.16. The van der Waals surface area contributed by atoms with E-state index in [1.54, 1.807) is 24.3 Å².